The SMILES string of the molecule is N#CNC1=NC(c2c(F)cccc2Br)c2c(nc(N)c(C#N)c2N)N1. The summed E-state index contributed by atoms with van der Waals surface area (Å²) < 4.78 is 14.9. The van der Waals surface area contributed by atoms with Crippen molar-refractivity contribution in [3.05, 3.63) is 45.2 Å². The highest BCUT2D eigenvalue weighted by atomic mass is 79.9. The molecule has 0 fully saturated rings. The van der Waals surface area contributed by atoms with Gasteiger partial charge in [-0.25, -0.2) is 14.4 Å². The lowest BCUT2D eigenvalue weighted by Crippen LogP contribution is -2.33. The molecule has 0 aliphatic carbocycles. The summed E-state index contributed by atoms with van der Waals surface area (Å²) in [6, 6.07) is 5.43. The molecule has 1 aromatic carbocycles. The smallest absolute Gasteiger partial charge is 0.211 e. The quantitative estimate of drug-likeness (QED) is 0.422. The number of nitrogens with two attached hydrogens (primary N) is 2. The van der Waals surface area contributed by atoms with Gasteiger partial charge >= 0.3 is 0 Å². The first-order chi connectivity index (χ1) is 12.0. The van der Waals surface area contributed by atoms with Crippen LogP contribution in [0, 0.1) is 28.6 Å². The maximum absolute atomic E-state index is 14.5. The fraction of sp³-hybridized carbons (Fsp3) is 0.0667. The number of anilines is 3. The van der Waals surface area contributed by atoms with Gasteiger partial charge in [0.25, 0.3) is 0 Å². The van der Waals surface area contributed by atoms with E-state index in [9.17, 15) is 9.65 Å². The van der Waals surface area contributed by atoms with Crippen LogP contribution in [0.3, 0.4) is 0 Å². The number of aliphatic imine (C=N–C) groups is 1. The lowest BCUT2D eigenvalue weighted by molar-refractivity contribution is 0.597. The van der Waals surface area contributed by atoms with Gasteiger partial charge in [-0.1, -0.05) is 22.0 Å². The molecule has 1 aliphatic heterocycles. The van der Waals surface area contributed by atoms with Gasteiger partial charge in [0.1, 0.15) is 35.1 Å². The molecule has 3 rings (SSSR count). The summed E-state index contributed by atoms with van der Waals surface area (Å²) >= 11 is 3.30. The standard InChI is InChI=1S/C15H10BrFN8/c16-7-2-1-3-8(17)9(7)12-10-11(20)6(4-18)13(21)24-14(10)25-15(23-12)22-5-19/h1-3,12H,(H6,20,21,22,23,24,25). The minimum absolute atomic E-state index is 0.00935. The number of nitrogen functional groups attached to an aromatic ring is 2. The van der Waals surface area contributed by atoms with Gasteiger partial charge in [0.2, 0.25) is 5.96 Å². The zero-order valence-electron chi connectivity index (χ0n) is 12.5. The molecule has 10 heteroatoms. The second-order valence-electron chi connectivity index (χ2n) is 5.04. The highest BCUT2D eigenvalue weighted by Crippen LogP contribution is 2.43. The van der Waals surface area contributed by atoms with Crippen molar-refractivity contribution in [2.24, 2.45) is 4.99 Å². The Labute approximate surface area is 150 Å². The number of guanidine groups is 1. The molecule has 1 atom stereocenters. The van der Waals surface area contributed by atoms with Gasteiger partial charge in [-0.05, 0) is 12.1 Å². The summed E-state index contributed by atoms with van der Waals surface area (Å²) in [5.74, 6) is -0.342. The summed E-state index contributed by atoms with van der Waals surface area (Å²) in [4.78, 5) is 8.41. The Bertz CT molecular complexity index is 968. The molecule has 0 saturated carbocycles. The van der Waals surface area contributed by atoms with Gasteiger partial charge in [0.05, 0.1) is 5.69 Å². The Morgan fingerprint density at radius 2 is 2.04 bits per heavy atom. The van der Waals surface area contributed by atoms with Gasteiger partial charge < -0.3 is 16.8 Å². The van der Waals surface area contributed by atoms with Crippen molar-refractivity contribution in [3.63, 3.8) is 0 Å². The molecule has 124 valence electrons. The minimum atomic E-state index is -0.928. The van der Waals surface area contributed by atoms with Crippen molar-refractivity contribution in [2.75, 3.05) is 16.8 Å². The molecule has 2 aromatic rings. The summed E-state index contributed by atoms with van der Waals surface area (Å²) in [5, 5.41) is 23.2. The van der Waals surface area contributed by atoms with E-state index in [2.05, 4.69) is 36.5 Å². The zero-order chi connectivity index (χ0) is 18.1. The second-order valence-corrected chi connectivity index (χ2v) is 5.89. The van der Waals surface area contributed by atoms with Crippen molar-refractivity contribution in [1.82, 2.24) is 10.3 Å². The van der Waals surface area contributed by atoms with Gasteiger partial charge in [0.15, 0.2) is 6.19 Å². The van der Waals surface area contributed by atoms with Crippen LogP contribution in [0.2, 0.25) is 0 Å². The molecular weight excluding hydrogens is 391 g/mol. The van der Waals surface area contributed by atoms with Gasteiger partial charge in [-0.15, -0.1) is 0 Å². The first-order valence-corrected chi connectivity index (χ1v) is 7.70. The lowest BCUT2D eigenvalue weighted by atomic mass is 9.95. The molecule has 0 amide bonds. The Hall–Kier alpha value is -3.37. The van der Waals surface area contributed by atoms with Gasteiger partial charge in [-0.3, -0.25) is 5.32 Å². The normalized spacial score (nSPS) is 15.2. The van der Waals surface area contributed by atoms with Crippen LogP contribution in [0.1, 0.15) is 22.7 Å². The maximum Gasteiger partial charge on any atom is 0.211 e. The number of fused-ring (bicyclic) bond motifs is 1. The number of pyridine rings is 1. The van der Waals surface area contributed by atoms with Crippen molar-refractivity contribution in [1.29, 1.82) is 10.5 Å². The van der Waals surface area contributed by atoms with E-state index >= 15 is 0 Å². The van der Waals surface area contributed by atoms with E-state index in [-0.39, 0.29) is 34.4 Å². The molecule has 0 saturated heterocycles. The third kappa shape index (κ3) is 2.69. The highest BCUT2D eigenvalue weighted by Gasteiger charge is 2.32. The molecule has 0 bridgehead atoms. The second kappa shape index (κ2) is 6.26. The van der Waals surface area contributed by atoms with Gasteiger partial charge in [0, 0.05) is 15.6 Å². The van der Waals surface area contributed by atoms with Crippen LogP contribution in [-0.2, 0) is 0 Å². The van der Waals surface area contributed by atoms with Crippen molar-refractivity contribution in [2.45, 2.75) is 6.04 Å². The Morgan fingerprint density at radius 3 is 2.68 bits per heavy atom. The van der Waals surface area contributed by atoms with E-state index in [0.717, 1.165) is 0 Å². The average Bonchev–Trinajstić information content (AvgIpc) is 2.54. The lowest BCUT2D eigenvalue weighted by Gasteiger charge is -2.26. The monoisotopic (exact) mass is 400 g/mol. The summed E-state index contributed by atoms with van der Waals surface area (Å²) in [6.07, 6.45) is 1.73. The van der Waals surface area contributed by atoms with E-state index in [4.69, 9.17) is 16.7 Å². The topological polar surface area (TPSA) is 149 Å². The predicted molar refractivity (Wildman–Crippen MR) is 93.5 cm³/mol. The first kappa shape index (κ1) is 16.5. The van der Waals surface area contributed by atoms with Crippen LogP contribution >= 0.6 is 15.9 Å². The van der Waals surface area contributed by atoms with E-state index < -0.39 is 11.9 Å². The Morgan fingerprint density at radius 1 is 1.28 bits per heavy atom. The Kier molecular flexibility index (Phi) is 4.13. The van der Waals surface area contributed by atoms with Crippen LogP contribution in [0.15, 0.2) is 27.7 Å². The molecular formula is C15H10BrFN8. The minimum Gasteiger partial charge on any atom is -0.397 e. The van der Waals surface area contributed by atoms with Crippen LogP contribution in [-0.4, -0.2) is 10.9 Å². The predicted octanol–water partition coefficient (Wildman–Crippen LogP) is 1.96. The van der Waals surface area contributed by atoms with E-state index in [1.165, 1.54) is 12.1 Å². The molecule has 1 aromatic heterocycles. The van der Waals surface area contributed by atoms with Crippen LogP contribution < -0.4 is 22.1 Å². The summed E-state index contributed by atoms with van der Waals surface area (Å²) in [7, 11) is 0. The maximum atomic E-state index is 14.5. The molecule has 6 N–H and O–H groups in total. The van der Waals surface area contributed by atoms with E-state index in [1.807, 2.05) is 6.07 Å². The molecule has 1 unspecified atom stereocenters. The first-order valence-electron chi connectivity index (χ1n) is 6.90. The van der Waals surface area contributed by atoms with Crippen molar-refractivity contribution >= 4 is 39.2 Å². The molecule has 1 aliphatic rings. The van der Waals surface area contributed by atoms with E-state index in [1.54, 1.807) is 12.3 Å². The molecule has 8 nitrogen and oxygen atoms in total. The fourth-order valence-electron chi connectivity index (χ4n) is 2.56. The Balaban J connectivity index is 2.32. The molecule has 25 heavy (non-hydrogen) atoms. The molecule has 0 spiro atoms. The number of aromatic nitrogens is 1. The fourth-order valence-corrected chi connectivity index (χ4v) is 3.12. The van der Waals surface area contributed by atoms with Crippen molar-refractivity contribution in [3.8, 4) is 12.3 Å². The van der Waals surface area contributed by atoms with Gasteiger partial charge in [-0.2, -0.15) is 10.5 Å². The van der Waals surface area contributed by atoms with Crippen molar-refractivity contribution < 1.29 is 4.39 Å². The average molecular weight is 401 g/mol. The number of halogens is 2. The number of nitriles is 2. The van der Waals surface area contributed by atoms with Crippen LogP contribution in [0.25, 0.3) is 0 Å². The van der Waals surface area contributed by atoms with Crippen LogP contribution in [0.4, 0.5) is 21.7 Å². The number of hydrogen-bond acceptors (Lipinski definition) is 8. The largest absolute Gasteiger partial charge is 0.397 e. The summed E-state index contributed by atoms with van der Waals surface area (Å²) in [6.45, 7) is 0. The molecule has 2 heterocycles. The van der Waals surface area contributed by atoms with Crippen LogP contribution in [0.5, 0.6) is 0 Å². The number of nitrogens with zero attached hydrogens (tertiary/aromatic N) is 4. The number of rotatable bonds is 1. The number of hydrogen-bond donors (Lipinski definition) is 4. The molecule has 0 radical (unpaired) electrons. The third-order valence-electron chi connectivity index (χ3n) is 3.63. The number of nitrogens with one attached hydrogen (secondary N) is 2. The number of benzene rings is 1. The summed E-state index contributed by atoms with van der Waals surface area (Å²) in [5.41, 5.74) is 12.4. The zero-order valence-corrected chi connectivity index (χ0v) is 14.1. The van der Waals surface area contributed by atoms with E-state index in [0.29, 0.717) is 10.0 Å². The third-order valence-corrected chi connectivity index (χ3v) is 4.32. The highest BCUT2D eigenvalue weighted by molar-refractivity contribution is 9.10.